The van der Waals surface area contributed by atoms with Crippen molar-refractivity contribution in [2.75, 3.05) is 45.2 Å². The van der Waals surface area contributed by atoms with Crippen molar-refractivity contribution in [1.82, 2.24) is 15.5 Å². The highest BCUT2D eigenvalue weighted by Gasteiger charge is 2.27. The van der Waals surface area contributed by atoms with Crippen LogP contribution in [0.3, 0.4) is 0 Å². The lowest BCUT2D eigenvalue weighted by molar-refractivity contribution is -0.127. The van der Waals surface area contributed by atoms with Crippen LogP contribution in [0.15, 0.2) is 53.5 Å². The molecule has 166 valence electrons. The lowest BCUT2D eigenvalue weighted by Crippen LogP contribution is -2.45. The number of hydrogen-bond acceptors (Lipinski definition) is 3. The molecule has 3 rings (SSSR count). The fraction of sp³-hybridized carbons (Fsp3) is 0.391. The van der Waals surface area contributed by atoms with E-state index in [0.717, 1.165) is 6.42 Å². The molecule has 8 heteroatoms. The number of likely N-dealkylation sites (N-methyl/N-ethyl adjacent to an activating group) is 1. The van der Waals surface area contributed by atoms with E-state index < -0.39 is 11.6 Å². The van der Waals surface area contributed by atoms with Crippen LogP contribution in [0.1, 0.15) is 12.0 Å². The van der Waals surface area contributed by atoms with Gasteiger partial charge in [0.2, 0.25) is 5.91 Å². The molecule has 0 aromatic heterocycles. The van der Waals surface area contributed by atoms with Crippen molar-refractivity contribution in [1.29, 1.82) is 0 Å². The summed E-state index contributed by atoms with van der Waals surface area (Å²) in [7, 11) is 3.37. The number of benzene rings is 2. The van der Waals surface area contributed by atoms with Gasteiger partial charge in [0.1, 0.15) is 23.9 Å². The Kier molecular flexibility index (Phi) is 7.81. The van der Waals surface area contributed by atoms with Crippen molar-refractivity contribution in [3.63, 3.8) is 0 Å². The second-order valence-electron chi connectivity index (χ2n) is 7.76. The van der Waals surface area contributed by atoms with Gasteiger partial charge in [-0.15, -0.1) is 0 Å². The SMILES string of the molecule is CN(C)C(=O)CN=C(NCCc1ccccc1)NC1CCN(c2c(F)cccc2F)C1. The van der Waals surface area contributed by atoms with Crippen molar-refractivity contribution in [2.45, 2.75) is 18.9 Å². The Hall–Kier alpha value is -3.16. The maximum Gasteiger partial charge on any atom is 0.243 e. The van der Waals surface area contributed by atoms with Gasteiger partial charge >= 0.3 is 0 Å². The summed E-state index contributed by atoms with van der Waals surface area (Å²) in [6.45, 7) is 1.64. The van der Waals surface area contributed by atoms with E-state index in [9.17, 15) is 13.6 Å². The topological polar surface area (TPSA) is 60.0 Å². The normalized spacial score (nSPS) is 16.3. The molecular weight excluding hydrogens is 400 g/mol. The van der Waals surface area contributed by atoms with Crippen LogP contribution in [0.4, 0.5) is 14.5 Å². The highest BCUT2D eigenvalue weighted by molar-refractivity contribution is 5.85. The number of carbonyl (C=O) groups is 1. The zero-order chi connectivity index (χ0) is 22.2. The van der Waals surface area contributed by atoms with Crippen LogP contribution in [0.5, 0.6) is 0 Å². The molecular formula is C23H29F2N5O. The molecule has 31 heavy (non-hydrogen) atoms. The molecule has 2 N–H and O–H groups in total. The number of anilines is 1. The minimum atomic E-state index is -0.563. The van der Waals surface area contributed by atoms with Gasteiger partial charge in [-0.2, -0.15) is 0 Å². The quantitative estimate of drug-likeness (QED) is 0.524. The standard InChI is InChI=1S/C23H29F2N5O/c1-29(2)21(31)15-27-23(26-13-11-17-7-4-3-5-8-17)28-18-12-14-30(16-18)22-19(24)9-6-10-20(22)25/h3-10,18H,11-16H2,1-2H3,(H2,26,27,28). The summed E-state index contributed by atoms with van der Waals surface area (Å²) in [5, 5.41) is 6.59. The fourth-order valence-electron chi connectivity index (χ4n) is 3.48. The van der Waals surface area contributed by atoms with Gasteiger partial charge in [0, 0.05) is 39.8 Å². The Labute approximate surface area is 182 Å². The molecule has 2 aromatic carbocycles. The van der Waals surface area contributed by atoms with Gasteiger partial charge in [0.15, 0.2) is 5.96 Å². The largest absolute Gasteiger partial charge is 0.365 e. The van der Waals surface area contributed by atoms with E-state index in [4.69, 9.17) is 0 Å². The van der Waals surface area contributed by atoms with Gasteiger partial charge in [-0.3, -0.25) is 4.79 Å². The number of nitrogens with one attached hydrogen (secondary N) is 2. The molecule has 1 amide bonds. The second-order valence-corrected chi connectivity index (χ2v) is 7.76. The van der Waals surface area contributed by atoms with Crippen LogP contribution in [-0.2, 0) is 11.2 Å². The Morgan fingerprint density at radius 3 is 2.52 bits per heavy atom. The molecule has 1 aliphatic heterocycles. The predicted molar refractivity (Wildman–Crippen MR) is 119 cm³/mol. The first kappa shape index (κ1) is 22.5. The first-order valence-electron chi connectivity index (χ1n) is 10.4. The molecule has 0 spiro atoms. The number of amides is 1. The van der Waals surface area contributed by atoms with Crippen LogP contribution in [0, 0.1) is 11.6 Å². The molecule has 1 fully saturated rings. The van der Waals surface area contributed by atoms with Gasteiger partial charge in [-0.05, 0) is 30.5 Å². The van der Waals surface area contributed by atoms with E-state index in [1.165, 1.54) is 28.7 Å². The van der Waals surface area contributed by atoms with Crippen LogP contribution in [0.25, 0.3) is 0 Å². The zero-order valence-corrected chi connectivity index (χ0v) is 17.9. The van der Waals surface area contributed by atoms with E-state index >= 15 is 0 Å². The molecule has 0 saturated carbocycles. The number of guanidine groups is 1. The fourth-order valence-corrected chi connectivity index (χ4v) is 3.48. The van der Waals surface area contributed by atoms with E-state index in [0.29, 0.717) is 32.0 Å². The lowest BCUT2D eigenvalue weighted by Gasteiger charge is -2.21. The zero-order valence-electron chi connectivity index (χ0n) is 17.9. The third kappa shape index (κ3) is 6.41. The summed E-state index contributed by atoms with van der Waals surface area (Å²) in [6, 6.07) is 13.9. The number of para-hydroxylation sites is 1. The highest BCUT2D eigenvalue weighted by Crippen LogP contribution is 2.26. The summed E-state index contributed by atoms with van der Waals surface area (Å²) in [4.78, 5) is 19.6. The number of hydrogen-bond donors (Lipinski definition) is 2. The summed E-state index contributed by atoms with van der Waals surface area (Å²) in [5.74, 6) is -0.711. The minimum absolute atomic E-state index is 0.00473. The van der Waals surface area contributed by atoms with Crippen molar-refractivity contribution < 1.29 is 13.6 Å². The van der Waals surface area contributed by atoms with Crippen LogP contribution < -0.4 is 15.5 Å². The van der Waals surface area contributed by atoms with E-state index in [1.807, 2.05) is 18.2 Å². The van der Waals surface area contributed by atoms with Gasteiger partial charge in [-0.25, -0.2) is 13.8 Å². The van der Waals surface area contributed by atoms with Crippen LogP contribution in [0.2, 0.25) is 0 Å². The number of halogens is 2. The van der Waals surface area contributed by atoms with Gasteiger partial charge in [0.05, 0.1) is 0 Å². The third-order valence-corrected chi connectivity index (χ3v) is 5.20. The average Bonchev–Trinajstić information content (AvgIpc) is 3.20. The third-order valence-electron chi connectivity index (χ3n) is 5.20. The van der Waals surface area contributed by atoms with E-state index in [-0.39, 0.29) is 24.2 Å². The second kappa shape index (κ2) is 10.7. The van der Waals surface area contributed by atoms with Gasteiger partial charge < -0.3 is 20.4 Å². The molecule has 0 bridgehead atoms. The monoisotopic (exact) mass is 429 g/mol. The average molecular weight is 430 g/mol. The van der Waals surface area contributed by atoms with Crippen LogP contribution in [-0.4, -0.2) is 63.1 Å². The molecule has 1 unspecified atom stereocenters. The Bertz CT molecular complexity index is 884. The maximum atomic E-state index is 14.1. The summed E-state index contributed by atoms with van der Waals surface area (Å²) in [6.07, 6.45) is 1.51. The number of nitrogens with zero attached hydrogens (tertiary/aromatic N) is 3. The van der Waals surface area contributed by atoms with Crippen molar-refractivity contribution in [2.24, 2.45) is 4.99 Å². The molecule has 0 radical (unpaired) electrons. The molecule has 1 heterocycles. The van der Waals surface area contributed by atoms with Gasteiger partial charge in [-0.1, -0.05) is 36.4 Å². The molecule has 2 aromatic rings. The van der Waals surface area contributed by atoms with Crippen molar-refractivity contribution in [3.8, 4) is 0 Å². The number of carbonyl (C=O) groups excluding carboxylic acids is 1. The molecule has 1 saturated heterocycles. The molecule has 6 nitrogen and oxygen atoms in total. The summed E-state index contributed by atoms with van der Waals surface area (Å²) in [5.41, 5.74) is 1.20. The molecule has 1 aliphatic rings. The van der Waals surface area contributed by atoms with Crippen molar-refractivity contribution >= 4 is 17.6 Å². The van der Waals surface area contributed by atoms with E-state index in [1.54, 1.807) is 19.0 Å². The lowest BCUT2D eigenvalue weighted by atomic mass is 10.1. The molecule has 1 atom stereocenters. The first-order valence-corrected chi connectivity index (χ1v) is 10.4. The Balaban J connectivity index is 1.62. The van der Waals surface area contributed by atoms with E-state index in [2.05, 4.69) is 27.8 Å². The number of rotatable bonds is 7. The minimum Gasteiger partial charge on any atom is -0.365 e. The predicted octanol–water partition coefficient (Wildman–Crippen LogP) is 2.41. The maximum absolute atomic E-state index is 14.1. The van der Waals surface area contributed by atoms with Crippen molar-refractivity contribution in [3.05, 3.63) is 65.7 Å². The Morgan fingerprint density at radius 2 is 1.84 bits per heavy atom. The Morgan fingerprint density at radius 1 is 1.13 bits per heavy atom. The van der Waals surface area contributed by atoms with Gasteiger partial charge in [0.25, 0.3) is 0 Å². The first-order chi connectivity index (χ1) is 14.9. The summed E-state index contributed by atoms with van der Waals surface area (Å²) < 4.78 is 28.2. The van der Waals surface area contributed by atoms with Crippen LogP contribution >= 0.6 is 0 Å². The smallest absolute Gasteiger partial charge is 0.243 e. The summed E-state index contributed by atoms with van der Waals surface area (Å²) >= 11 is 0. The highest BCUT2D eigenvalue weighted by atomic mass is 19.1. The molecule has 0 aliphatic carbocycles. The number of aliphatic imine (C=N–C) groups is 1.